The number of fused-ring (bicyclic) bond motifs is 1. The topological polar surface area (TPSA) is 87.2 Å². The summed E-state index contributed by atoms with van der Waals surface area (Å²) in [5.41, 5.74) is 1.26. The van der Waals surface area contributed by atoms with Crippen LogP contribution in [-0.4, -0.2) is 67.5 Å². The number of hydrogen-bond donors (Lipinski definition) is 1. The lowest BCUT2D eigenvalue weighted by Gasteiger charge is -2.37. The fraction of sp³-hybridized carbons (Fsp3) is 0.444. The highest BCUT2D eigenvalue weighted by atomic mass is 32.2. The average Bonchev–Trinajstić information content (AvgIpc) is 3.69. The second kappa shape index (κ2) is 10.4. The minimum Gasteiger partial charge on any atom is -0.487 e. The number of nitrogens with zero attached hydrogens (tertiary/aromatic N) is 2. The molecular formula is C27H32N2O5S. The van der Waals surface area contributed by atoms with Crippen LogP contribution in [0.2, 0.25) is 0 Å². The van der Waals surface area contributed by atoms with Crippen LogP contribution in [0.3, 0.4) is 0 Å². The van der Waals surface area contributed by atoms with Crippen molar-refractivity contribution in [2.75, 3.05) is 26.7 Å². The van der Waals surface area contributed by atoms with E-state index < -0.39 is 22.2 Å². The molecule has 1 fully saturated rings. The molecule has 8 heteroatoms. The van der Waals surface area contributed by atoms with Crippen molar-refractivity contribution < 1.29 is 23.1 Å². The molecule has 3 atom stereocenters. The van der Waals surface area contributed by atoms with Gasteiger partial charge in [0.2, 0.25) is 10.0 Å². The van der Waals surface area contributed by atoms with E-state index in [1.54, 1.807) is 43.1 Å². The number of likely N-dealkylation sites (N-methyl/N-ethyl adjacent to an activating group) is 1. The van der Waals surface area contributed by atoms with Gasteiger partial charge in [0, 0.05) is 42.6 Å². The molecule has 0 unspecified atom stereocenters. The van der Waals surface area contributed by atoms with Crippen molar-refractivity contribution in [3.05, 3.63) is 59.7 Å². The average molecular weight is 497 g/mol. The summed E-state index contributed by atoms with van der Waals surface area (Å²) in [6.07, 6.45) is 1.72. The van der Waals surface area contributed by atoms with Crippen molar-refractivity contribution in [2.45, 2.75) is 43.7 Å². The fourth-order valence-electron chi connectivity index (χ4n) is 4.09. The number of rotatable bonds is 5. The Balaban J connectivity index is 1.69. The number of benzene rings is 2. The maximum Gasteiger partial charge on any atom is 0.253 e. The summed E-state index contributed by atoms with van der Waals surface area (Å²) in [7, 11) is -2.20. The molecule has 1 saturated carbocycles. The van der Waals surface area contributed by atoms with Crippen LogP contribution in [0.1, 0.15) is 42.6 Å². The molecule has 2 aliphatic rings. The van der Waals surface area contributed by atoms with Crippen LogP contribution in [0.4, 0.5) is 0 Å². The van der Waals surface area contributed by atoms with Gasteiger partial charge in [-0.3, -0.25) is 4.79 Å². The van der Waals surface area contributed by atoms with Crippen LogP contribution in [-0.2, 0) is 10.0 Å². The number of sulfonamides is 1. The highest BCUT2D eigenvalue weighted by Crippen LogP contribution is 2.34. The molecule has 0 spiro atoms. The summed E-state index contributed by atoms with van der Waals surface area (Å²) < 4.78 is 34.8. The van der Waals surface area contributed by atoms with Gasteiger partial charge in [-0.1, -0.05) is 37.0 Å². The zero-order valence-electron chi connectivity index (χ0n) is 20.3. The van der Waals surface area contributed by atoms with Gasteiger partial charge in [0.25, 0.3) is 5.91 Å². The number of ether oxygens (including phenoxy) is 1. The molecule has 4 rings (SSSR count). The van der Waals surface area contributed by atoms with E-state index in [2.05, 4.69) is 11.8 Å². The van der Waals surface area contributed by atoms with Crippen molar-refractivity contribution in [3.8, 4) is 17.6 Å². The second-order valence-electron chi connectivity index (χ2n) is 9.50. The molecule has 186 valence electrons. The van der Waals surface area contributed by atoms with Gasteiger partial charge in [0.15, 0.2) is 0 Å². The smallest absolute Gasteiger partial charge is 0.253 e. The van der Waals surface area contributed by atoms with E-state index in [1.807, 2.05) is 25.1 Å². The lowest BCUT2D eigenvalue weighted by molar-refractivity contribution is 0.0563. The number of carbonyl (C=O) groups is 1. The SMILES string of the molecule is C[C@H](CO)N1C[C@H](C)[C@H](CN(C)C(=O)c2ccccc2)Oc2cc(C#CC3CC3)ccc2S1(=O)=O. The third-order valence-corrected chi connectivity index (χ3v) is 8.51. The van der Waals surface area contributed by atoms with Crippen molar-refractivity contribution >= 4 is 15.9 Å². The van der Waals surface area contributed by atoms with E-state index >= 15 is 0 Å². The van der Waals surface area contributed by atoms with Crippen LogP contribution >= 0.6 is 0 Å². The maximum atomic E-state index is 13.6. The molecule has 0 bridgehead atoms. The summed E-state index contributed by atoms with van der Waals surface area (Å²) in [5.74, 6) is 6.57. The first kappa shape index (κ1) is 25.2. The molecule has 1 heterocycles. The Hall–Kier alpha value is -2.86. The number of carbonyl (C=O) groups excluding carboxylic acids is 1. The third-order valence-electron chi connectivity index (χ3n) is 6.49. The summed E-state index contributed by atoms with van der Waals surface area (Å²) in [6, 6.07) is 13.3. The lowest BCUT2D eigenvalue weighted by Crippen LogP contribution is -2.50. The molecule has 0 saturated heterocycles. The van der Waals surface area contributed by atoms with Gasteiger partial charge in [-0.05, 0) is 50.1 Å². The number of aliphatic hydroxyl groups excluding tert-OH is 1. The van der Waals surface area contributed by atoms with Crippen molar-refractivity contribution in [1.82, 2.24) is 9.21 Å². The maximum absolute atomic E-state index is 13.6. The molecule has 0 radical (unpaired) electrons. The molecule has 35 heavy (non-hydrogen) atoms. The molecular weight excluding hydrogens is 464 g/mol. The summed E-state index contributed by atoms with van der Waals surface area (Å²) >= 11 is 0. The van der Waals surface area contributed by atoms with Gasteiger partial charge < -0.3 is 14.7 Å². The van der Waals surface area contributed by atoms with E-state index in [0.29, 0.717) is 17.0 Å². The summed E-state index contributed by atoms with van der Waals surface area (Å²) in [6.45, 7) is 3.71. The molecule has 7 nitrogen and oxygen atoms in total. The van der Waals surface area contributed by atoms with Crippen LogP contribution in [0, 0.1) is 23.7 Å². The predicted molar refractivity (Wildman–Crippen MR) is 133 cm³/mol. The highest BCUT2D eigenvalue weighted by molar-refractivity contribution is 7.89. The Labute approximate surface area is 207 Å². The minimum atomic E-state index is -3.91. The quantitative estimate of drug-likeness (QED) is 0.643. The Morgan fingerprint density at radius 3 is 2.60 bits per heavy atom. The highest BCUT2D eigenvalue weighted by Gasteiger charge is 2.38. The standard InChI is InChI=1S/C27H32N2O5S/c1-19-16-29(20(2)18-30)35(32,33)26-14-13-22(12-11-21-9-10-21)15-24(26)34-25(19)17-28(3)27(31)23-7-5-4-6-8-23/h4-8,13-15,19-21,25,30H,9-10,16-18H2,1-3H3/t19-,20+,25-/m0/s1. The molecule has 1 amide bonds. The summed E-state index contributed by atoms with van der Waals surface area (Å²) in [4.78, 5) is 14.6. The number of aliphatic hydroxyl groups is 1. The van der Waals surface area contributed by atoms with Gasteiger partial charge in [-0.15, -0.1) is 0 Å². The molecule has 2 aromatic carbocycles. The minimum absolute atomic E-state index is 0.0451. The number of amides is 1. The fourth-order valence-corrected chi connectivity index (χ4v) is 5.91. The van der Waals surface area contributed by atoms with E-state index in [0.717, 1.165) is 12.8 Å². The van der Waals surface area contributed by atoms with Crippen molar-refractivity contribution in [1.29, 1.82) is 0 Å². The van der Waals surface area contributed by atoms with Crippen molar-refractivity contribution in [2.24, 2.45) is 11.8 Å². The largest absolute Gasteiger partial charge is 0.487 e. The van der Waals surface area contributed by atoms with Gasteiger partial charge in [-0.2, -0.15) is 4.31 Å². The first-order valence-electron chi connectivity index (χ1n) is 12.0. The first-order valence-corrected chi connectivity index (χ1v) is 13.4. The van der Waals surface area contributed by atoms with Gasteiger partial charge >= 0.3 is 0 Å². The molecule has 1 N–H and O–H groups in total. The molecule has 1 aliphatic heterocycles. The molecule has 1 aliphatic carbocycles. The zero-order valence-corrected chi connectivity index (χ0v) is 21.2. The Morgan fingerprint density at radius 1 is 1.23 bits per heavy atom. The molecule has 0 aromatic heterocycles. The van der Waals surface area contributed by atoms with Gasteiger partial charge in [-0.25, -0.2) is 8.42 Å². The van der Waals surface area contributed by atoms with Crippen LogP contribution in [0.25, 0.3) is 0 Å². The van der Waals surface area contributed by atoms with E-state index in [4.69, 9.17) is 4.74 Å². The third kappa shape index (κ3) is 5.69. The Bertz CT molecular complexity index is 1230. The number of hydrogen-bond acceptors (Lipinski definition) is 5. The normalized spacial score (nSPS) is 22.4. The van der Waals surface area contributed by atoms with E-state index in [9.17, 15) is 18.3 Å². The Kier molecular flexibility index (Phi) is 7.50. The summed E-state index contributed by atoms with van der Waals surface area (Å²) in [5, 5.41) is 9.79. The van der Waals surface area contributed by atoms with Gasteiger partial charge in [0.1, 0.15) is 16.7 Å². The van der Waals surface area contributed by atoms with Crippen molar-refractivity contribution in [3.63, 3.8) is 0 Å². The van der Waals surface area contributed by atoms with Crippen LogP contribution < -0.4 is 4.74 Å². The second-order valence-corrected chi connectivity index (χ2v) is 11.4. The first-order chi connectivity index (χ1) is 16.7. The van der Waals surface area contributed by atoms with E-state index in [-0.39, 0.29) is 42.2 Å². The van der Waals surface area contributed by atoms with Crippen LogP contribution in [0.5, 0.6) is 5.75 Å². The monoisotopic (exact) mass is 496 g/mol. The zero-order chi connectivity index (χ0) is 25.2. The van der Waals surface area contributed by atoms with Crippen LogP contribution in [0.15, 0.2) is 53.4 Å². The predicted octanol–water partition coefficient (Wildman–Crippen LogP) is 2.99. The lowest BCUT2D eigenvalue weighted by atomic mass is 10.0. The van der Waals surface area contributed by atoms with E-state index in [1.165, 1.54) is 10.4 Å². The van der Waals surface area contributed by atoms with Gasteiger partial charge in [0.05, 0.1) is 13.2 Å². The Morgan fingerprint density at radius 2 is 1.94 bits per heavy atom. The molecule has 2 aromatic rings.